The van der Waals surface area contributed by atoms with Crippen LogP contribution in [0.2, 0.25) is 0 Å². The summed E-state index contributed by atoms with van der Waals surface area (Å²) in [6.07, 6.45) is 0.517. The highest BCUT2D eigenvalue weighted by molar-refractivity contribution is 5.72. The van der Waals surface area contributed by atoms with Crippen molar-refractivity contribution in [2.75, 3.05) is 13.2 Å². The van der Waals surface area contributed by atoms with Gasteiger partial charge in [-0.05, 0) is 36.0 Å². The third kappa shape index (κ3) is 3.35. The minimum absolute atomic E-state index is 0.207. The smallest absolute Gasteiger partial charge is 0.407 e. The number of benzene rings is 2. The lowest BCUT2D eigenvalue weighted by molar-refractivity contribution is 0.0489. The van der Waals surface area contributed by atoms with Crippen LogP contribution in [0.4, 0.5) is 9.59 Å². The van der Waals surface area contributed by atoms with Gasteiger partial charge in [0.15, 0.2) is 0 Å². The molecule has 1 spiro atoms. The van der Waals surface area contributed by atoms with Crippen molar-refractivity contribution in [3.8, 4) is 11.1 Å². The van der Waals surface area contributed by atoms with Crippen LogP contribution in [0.5, 0.6) is 0 Å². The quantitative estimate of drug-likeness (QED) is 0.871. The molecule has 0 saturated carbocycles. The fourth-order valence-corrected chi connectivity index (χ4v) is 4.24. The van der Waals surface area contributed by atoms with Crippen molar-refractivity contribution in [2.45, 2.75) is 30.8 Å². The van der Waals surface area contributed by atoms with Gasteiger partial charge in [0.25, 0.3) is 0 Å². The maximum absolute atomic E-state index is 11.8. The number of hydrogen-bond donors (Lipinski definition) is 2. The number of cyclic esters (lactones) is 1. The number of hydrogen-bond acceptors (Lipinski definition) is 3. The molecular formula is C21H22N2O4. The average molecular weight is 366 g/mol. The standard InChI is InChI=1S/C21H22N2O4/c24-19-22-21(14-27-19)10-5-11-23(20(25)26)18(21)13-15-6-4-9-17(12-15)16-7-2-1-3-8-16/h1-4,6-9,12,18H,5,10-11,13-14H2,(H,22,24)(H,25,26)/t18-,21+/m0/s1. The summed E-state index contributed by atoms with van der Waals surface area (Å²) in [7, 11) is 0. The van der Waals surface area contributed by atoms with Gasteiger partial charge in [-0.2, -0.15) is 0 Å². The molecule has 2 aromatic rings. The number of carbonyl (C=O) groups is 2. The molecule has 140 valence electrons. The van der Waals surface area contributed by atoms with E-state index in [-0.39, 0.29) is 12.6 Å². The van der Waals surface area contributed by atoms with Gasteiger partial charge in [-0.15, -0.1) is 0 Å². The van der Waals surface area contributed by atoms with Crippen LogP contribution in [-0.2, 0) is 11.2 Å². The predicted molar refractivity (Wildman–Crippen MR) is 101 cm³/mol. The number of piperidine rings is 1. The maximum atomic E-state index is 11.8. The number of nitrogens with zero attached hydrogens (tertiary/aromatic N) is 1. The Morgan fingerprint density at radius 1 is 1.19 bits per heavy atom. The zero-order valence-electron chi connectivity index (χ0n) is 14.9. The first-order chi connectivity index (χ1) is 13.1. The Hall–Kier alpha value is -3.02. The first-order valence-electron chi connectivity index (χ1n) is 9.16. The summed E-state index contributed by atoms with van der Waals surface area (Å²) in [5, 5.41) is 12.6. The van der Waals surface area contributed by atoms with E-state index in [1.165, 1.54) is 4.90 Å². The zero-order valence-corrected chi connectivity index (χ0v) is 14.9. The van der Waals surface area contributed by atoms with Gasteiger partial charge < -0.3 is 20.1 Å². The Morgan fingerprint density at radius 2 is 1.96 bits per heavy atom. The molecule has 2 N–H and O–H groups in total. The van der Waals surface area contributed by atoms with Crippen molar-refractivity contribution in [2.24, 2.45) is 0 Å². The molecule has 2 aliphatic rings. The second-order valence-electron chi connectivity index (χ2n) is 7.22. The van der Waals surface area contributed by atoms with Crippen LogP contribution in [0.1, 0.15) is 18.4 Å². The van der Waals surface area contributed by atoms with Crippen LogP contribution < -0.4 is 5.32 Å². The number of likely N-dealkylation sites (tertiary alicyclic amines) is 1. The first-order valence-corrected chi connectivity index (χ1v) is 9.16. The normalized spacial score (nSPS) is 24.5. The van der Waals surface area contributed by atoms with Crippen molar-refractivity contribution in [1.82, 2.24) is 10.2 Å². The van der Waals surface area contributed by atoms with E-state index in [1.54, 1.807) is 0 Å². The summed E-state index contributed by atoms with van der Waals surface area (Å²) in [6, 6.07) is 17.8. The van der Waals surface area contributed by atoms with E-state index in [4.69, 9.17) is 4.74 Å². The van der Waals surface area contributed by atoms with Crippen molar-refractivity contribution >= 4 is 12.2 Å². The number of ether oxygens (including phenoxy) is 1. The molecule has 6 nitrogen and oxygen atoms in total. The van der Waals surface area contributed by atoms with Gasteiger partial charge in [0.1, 0.15) is 6.61 Å². The lowest BCUT2D eigenvalue weighted by Crippen LogP contribution is -2.65. The summed E-state index contributed by atoms with van der Waals surface area (Å²) in [5.74, 6) is 0. The molecule has 0 aliphatic carbocycles. The minimum Gasteiger partial charge on any atom is -0.465 e. The van der Waals surface area contributed by atoms with Crippen LogP contribution in [0, 0.1) is 0 Å². The van der Waals surface area contributed by atoms with Crippen molar-refractivity contribution in [3.63, 3.8) is 0 Å². The SMILES string of the molecule is O=C1N[C@]2(CCCN(C(=O)O)[C@H]2Cc2cccc(-c3ccccc3)c2)CO1. The van der Waals surface area contributed by atoms with E-state index in [0.29, 0.717) is 25.8 Å². The fourth-order valence-electron chi connectivity index (χ4n) is 4.24. The minimum atomic E-state index is -0.959. The number of carboxylic acid groups (broad SMARTS) is 1. The number of amides is 2. The summed E-state index contributed by atoms with van der Waals surface area (Å²) >= 11 is 0. The Kier molecular flexibility index (Phi) is 4.48. The third-order valence-electron chi connectivity index (χ3n) is 5.56. The highest BCUT2D eigenvalue weighted by Crippen LogP contribution is 2.34. The molecule has 2 aliphatic heterocycles. The Bertz CT molecular complexity index is 854. The Balaban J connectivity index is 1.65. The van der Waals surface area contributed by atoms with E-state index in [0.717, 1.165) is 16.7 Å². The van der Waals surface area contributed by atoms with Crippen LogP contribution >= 0.6 is 0 Å². The summed E-state index contributed by atoms with van der Waals surface area (Å²) < 4.78 is 5.17. The predicted octanol–water partition coefficient (Wildman–Crippen LogP) is 3.52. The van der Waals surface area contributed by atoms with E-state index in [1.807, 2.05) is 36.4 Å². The van der Waals surface area contributed by atoms with Gasteiger partial charge in [0.05, 0.1) is 11.6 Å². The molecule has 2 fully saturated rings. The number of nitrogens with one attached hydrogen (secondary N) is 1. The highest BCUT2D eigenvalue weighted by atomic mass is 16.6. The summed E-state index contributed by atoms with van der Waals surface area (Å²) in [5.41, 5.74) is 2.59. The van der Waals surface area contributed by atoms with Crippen LogP contribution in [0.25, 0.3) is 11.1 Å². The molecule has 0 aromatic heterocycles. The van der Waals surface area contributed by atoms with Gasteiger partial charge in [-0.3, -0.25) is 0 Å². The molecule has 2 saturated heterocycles. The molecule has 2 heterocycles. The molecule has 0 unspecified atom stereocenters. The number of alkyl carbamates (subject to hydrolysis) is 1. The Labute approximate surface area is 157 Å². The van der Waals surface area contributed by atoms with Crippen molar-refractivity contribution in [3.05, 3.63) is 60.2 Å². The second kappa shape index (κ2) is 6.95. The maximum Gasteiger partial charge on any atom is 0.407 e. The van der Waals surface area contributed by atoms with Gasteiger partial charge >= 0.3 is 12.2 Å². The van der Waals surface area contributed by atoms with Crippen LogP contribution in [0.3, 0.4) is 0 Å². The third-order valence-corrected chi connectivity index (χ3v) is 5.56. The number of rotatable bonds is 3. The molecule has 2 atom stereocenters. The molecule has 0 radical (unpaired) electrons. The highest BCUT2D eigenvalue weighted by Gasteiger charge is 2.51. The van der Waals surface area contributed by atoms with Crippen molar-refractivity contribution < 1.29 is 19.4 Å². The molecule has 27 heavy (non-hydrogen) atoms. The van der Waals surface area contributed by atoms with E-state index < -0.39 is 17.7 Å². The second-order valence-corrected chi connectivity index (χ2v) is 7.22. The van der Waals surface area contributed by atoms with E-state index >= 15 is 0 Å². The monoisotopic (exact) mass is 366 g/mol. The topological polar surface area (TPSA) is 78.9 Å². The average Bonchev–Trinajstić information content (AvgIpc) is 3.05. The molecule has 6 heteroatoms. The van der Waals surface area contributed by atoms with Gasteiger partial charge in [0, 0.05) is 6.54 Å². The number of carbonyl (C=O) groups excluding carboxylic acids is 1. The van der Waals surface area contributed by atoms with Gasteiger partial charge in [0.2, 0.25) is 0 Å². The van der Waals surface area contributed by atoms with Gasteiger partial charge in [-0.1, -0.05) is 54.6 Å². The fraction of sp³-hybridized carbons (Fsp3) is 0.333. The van der Waals surface area contributed by atoms with Crippen LogP contribution in [0.15, 0.2) is 54.6 Å². The van der Waals surface area contributed by atoms with Crippen molar-refractivity contribution in [1.29, 1.82) is 0 Å². The first kappa shape index (κ1) is 17.4. The molecule has 4 rings (SSSR count). The molecule has 2 amide bonds. The van der Waals surface area contributed by atoms with E-state index in [9.17, 15) is 14.7 Å². The molecule has 2 aromatic carbocycles. The summed E-state index contributed by atoms with van der Waals surface area (Å²) in [6.45, 7) is 0.675. The zero-order chi connectivity index (χ0) is 18.9. The van der Waals surface area contributed by atoms with Crippen LogP contribution in [-0.4, -0.2) is 46.9 Å². The van der Waals surface area contributed by atoms with Gasteiger partial charge in [-0.25, -0.2) is 9.59 Å². The largest absolute Gasteiger partial charge is 0.465 e. The summed E-state index contributed by atoms with van der Waals surface area (Å²) in [4.78, 5) is 25.0. The lowest BCUT2D eigenvalue weighted by atomic mass is 9.79. The lowest BCUT2D eigenvalue weighted by Gasteiger charge is -2.45. The Morgan fingerprint density at radius 3 is 2.67 bits per heavy atom. The van der Waals surface area contributed by atoms with E-state index in [2.05, 4.69) is 23.5 Å². The molecule has 0 bridgehead atoms. The molecular weight excluding hydrogens is 344 g/mol.